The normalized spacial score (nSPS) is 24.2. The first-order valence-electron chi connectivity index (χ1n) is 8.33. The van der Waals surface area contributed by atoms with Crippen molar-refractivity contribution in [3.05, 3.63) is 53.8 Å². The highest BCUT2D eigenvalue weighted by atomic mass is 19.1. The quantitative estimate of drug-likeness (QED) is 0.917. The fraction of sp³-hybridized carbons (Fsp3) is 0.316. The first kappa shape index (κ1) is 15.7. The Kier molecular flexibility index (Phi) is 3.56. The van der Waals surface area contributed by atoms with Crippen LogP contribution in [-0.4, -0.2) is 18.4 Å². The number of ether oxygens (including phenoxy) is 2. The van der Waals surface area contributed by atoms with Crippen LogP contribution < -0.4 is 19.7 Å². The number of anilines is 1. The van der Waals surface area contributed by atoms with Crippen LogP contribution in [0.3, 0.4) is 0 Å². The Hall–Kier alpha value is -2.76. The largest absolute Gasteiger partial charge is 0.490 e. The molecule has 5 nitrogen and oxygen atoms in total. The van der Waals surface area contributed by atoms with Crippen molar-refractivity contribution >= 4 is 11.7 Å². The predicted octanol–water partition coefficient (Wildman–Crippen LogP) is 3.99. The number of amides is 2. The number of rotatable bonds is 3. The molecule has 130 valence electrons. The molecule has 2 bridgehead atoms. The van der Waals surface area contributed by atoms with Gasteiger partial charge in [-0.2, -0.15) is 0 Å². The standard InChI is InChI=1S/C19H19FN2O3/c1-3-24-16-6-4-5-14-15-11-19(2,25-17(14)16)22(18(23)21-15)13-9-7-12(20)8-10-13/h4-10,15H,3,11H2,1-2H3,(H,21,23)/t15-,19-/m1/s1. The van der Waals surface area contributed by atoms with Crippen molar-refractivity contribution < 1.29 is 18.7 Å². The van der Waals surface area contributed by atoms with Crippen molar-refractivity contribution in [3.8, 4) is 11.5 Å². The number of urea groups is 1. The topological polar surface area (TPSA) is 50.8 Å². The molecule has 0 aromatic heterocycles. The molecule has 2 heterocycles. The van der Waals surface area contributed by atoms with Crippen LogP contribution in [0.15, 0.2) is 42.5 Å². The third-order valence-electron chi connectivity index (χ3n) is 4.65. The summed E-state index contributed by atoms with van der Waals surface area (Å²) in [5.74, 6) is 0.957. The summed E-state index contributed by atoms with van der Waals surface area (Å²) in [5, 5.41) is 3.02. The van der Waals surface area contributed by atoms with Gasteiger partial charge in [-0.25, -0.2) is 9.18 Å². The Labute approximate surface area is 145 Å². The minimum atomic E-state index is -0.884. The number of halogens is 1. The number of benzene rings is 2. The molecule has 1 saturated heterocycles. The summed E-state index contributed by atoms with van der Waals surface area (Å²) in [4.78, 5) is 14.3. The van der Waals surface area contributed by atoms with Gasteiger partial charge in [0.15, 0.2) is 17.2 Å². The maximum absolute atomic E-state index is 13.3. The predicted molar refractivity (Wildman–Crippen MR) is 91.4 cm³/mol. The summed E-state index contributed by atoms with van der Waals surface area (Å²) in [7, 11) is 0. The summed E-state index contributed by atoms with van der Waals surface area (Å²) >= 11 is 0. The number of nitrogens with one attached hydrogen (secondary N) is 1. The van der Waals surface area contributed by atoms with Crippen LogP contribution in [0.4, 0.5) is 14.9 Å². The first-order chi connectivity index (χ1) is 12.0. The van der Waals surface area contributed by atoms with Crippen molar-refractivity contribution in [1.82, 2.24) is 5.32 Å². The number of fused-ring (bicyclic) bond motifs is 4. The van der Waals surface area contributed by atoms with Crippen LogP contribution in [0.5, 0.6) is 11.5 Å². The molecule has 2 aromatic rings. The average Bonchev–Trinajstić information content (AvgIpc) is 2.57. The minimum Gasteiger partial charge on any atom is -0.490 e. The number of nitrogens with zero attached hydrogens (tertiary/aromatic N) is 1. The van der Waals surface area contributed by atoms with Crippen LogP contribution in [-0.2, 0) is 0 Å². The van der Waals surface area contributed by atoms with E-state index < -0.39 is 5.72 Å². The zero-order valence-corrected chi connectivity index (χ0v) is 14.1. The van der Waals surface area contributed by atoms with Gasteiger partial charge in [-0.15, -0.1) is 0 Å². The highest BCUT2D eigenvalue weighted by Crippen LogP contribution is 2.49. The van der Waals surface area contributed by atoms with Crippen molar-refractivity contribution in [2.45, 2.75) is 32.0 Å². The van der Waals surface area contributed by atoms with Crippen LogP contribution in [0.2, 0.25) is 0 Å². The van der Waals surface area contributed by atoms with Crippen LogP contribution >= 0.6 is 0 Å². The number of hydrogen-bond acceptors (Lipinski definition) is 3. The lowest BCUT2D eigenvalue weighted by atomic mass is 9.90. The van der Waals surface area contributed by atoms with E-state index in [1.165, 1.54) is 17.0 Å². The highest BCUT2D eigenvalue weighted by molar-refractivity contribution is 5.95. The maximum Gasteiger partial charge on any atom is 0.325 e. The minimum absolute atomic E-state index is 0.154. The molecule has 2 atom stereocenters. The molecule has 4 rings (SSSR count). The summed E-state index contributed by atoms with van der Waals surface area (Å²) in [6.45, 7) is 4.31. The van der Waals surface area contributed by atoms with Crippen molar-refractivity contribution in [2.75, 3.05) is 11.5 Å². The highest BCUT2D eigenvalue weighted by Gasteiger charge is 2.50. The summed E-state index contributed by atoms with van der Waals surface area (Å²) in [6.07, 6.45) is 0.582. The number of hydrogen-bond donors (Lipinski definition) is 1. The molecule has 0 spiro atoms. The number of carbonyl (C=O) groups excluding carboxylic acids is 1. The Morgan fingerprint density at radius 1 is 1.32 bits per heavy atom. The molecule has 0 radical (unpaired) electrons. The fourth-order valence-electron chi connectivity index (χ4n) is 3.61. The third-order valence-corrected chi connectivity index (χ3v) is 4.65. The molecule has 1 N–H and O–H groups in total. The SMILES string of the molecule is CCOc1cccc2c1O[C@]1(C)C[C@H]2NC(=O)N1c1ccc(F)cc1. The molecular formula is C19H19FN2O3. The van der Waals surface area contributed by atoms with Gasteiger partial charge in [0, 0.05) is 17.7 Å². The molecule has 2 aromatic carbocycles. The van der Waals surface area contributed by atoms with E-state index in [9.17, 15) is 9.18 Å². The molecule has 0 unspecified atom stereocenters. The van der Waals surface area contributed by atoms with Gasteiger partial charge in [-0.05, 0) is 44.2 Å². The van der Waals surface area contributed by atoms with Crippen molar-refractivity contribution in [2.24, 2.45) is 0 Å². The van der Waals surface area contributed by atoms with E-state index in [0.717, 1.165) is 5.56 Å². The summed E-state index contributed by atoms with van der Waals surface area (Å²) in [6, 6.07) is 11.1. The second kappa shape index (κ2) is 5.65. The van der Waals surface area contributed by atoms with Gasteiger partial charge >= 0.3 is 6.03 Å². The zero-order chi connectivity index (χ0) is 17.6. The number of para-hydroxylation sites is 1. The van der Waals surface area contributed by atoms with Gasteiger partial charge in [-0.1, -0.05) is 12.1 Å². The van der Waals surface area contributed by atoms with Gasteiger partial charge in [0.2, 0.25) is 0 Å². The van der Waals surface area contributed by atoms with Crippen LogP contribution in [0.1, 0.15) is 31.9 Å². The van der Waals surface area contributed by atoms with Gasteiger partial charge < -0.3 is 14.8 Å². The summed E-state index contributed by atoms with van der Waals surface area (Å²) < 4.78 is 25.2. The van der Waals surface area contributed by atoms with Gasteiger partial charge in [-0.3, -0.25) is 4.90 Å². The maximum atomic E-state index is 13.3. The second-order valence-electron chi connectivity index (χ2n) is 6.40. The van der Waals surface area contributed by atoms with E-state index in [1.807, 2.05) is 32.0 Å². The molecule has 0 aliphatic carbocycles. The second-order valence-corrected chi connectivity index (χ2v) is 6.40. The molecule has 2 amide bonds. The lowest BCUT2D eigenvalue weighted by molar-refractivity contribution is 0.0343. The molecule has 6 heteroatoms. The van der Waals surface area contributed by atoms with Crippen molar-refractivity contribution in [1.29, 1.82) is 0 Å². The van der Waals surface area contributed by atoms with Crippen molar-refractivity contribution in [3.63, 3.8) is 0 Å². The molecule has 1 fully saturated rings. The Balaban J connectivity index is 1.79. The smallest absolute Gasteiger partial charge is 0.325 e. The first-order valence-corrected chi connectivity index (χ1v) is 8.33. The lowest BCUT2D eigenvalue weighted by Gasteiger charge is -2.50. The van der Waals surface area contributed by atoms with E-state index in [-0.39, 0.29) is 17.9 Å². The Bertz CT molecular complexity index is 824. The van der Waals surface area contributed by atoms with Crippen LogP contribution in [0.25, 0.3) is 0 Å². The monoisotopic (exact) mass is 342 g/mol. The van der Waals surface area contributed by atoms with E-state index in [0.29, 0.717) is 30.2 Å². The summed E-state index contributed by atoms with van der Waals surface area (Å²) in [5.41, 5.74) is 0.609. The molecule has 25 heavy (non-hydrogen) atoms. The van der Waals surface area contributed by atoms with Gasteiger partial charge in [0.1, 0.15) is 5.82 Å². The molecule has 0 saturated carbocycles. The van der Waals surface area contributed by atoms with Gasteiger partial charge in [0.05, 0.1) is 12.6 Å². The van der Waals surface area contributed by atoms with E-state index in [1.54, 1.807) is 12.1 Å². The molecule has 2 aliphatic rings. The molecule has 2 aliphatic heterocycles. The lowest BCUT2D eigenvalue weighted by Crippen LogP contribution is -2.65. The van der Waals surface area contributed by atoms with E-state index >= 15 is 0 Å². The number of carbonyl (C=O) groups is 1. The Morgan fingerprint density at radius 3 is 2.80 bits per heavy atom. The molecular weight excluding hydrogens is 323 g/mol. The fourth-order valence-corrected chi connectivity index (χ4v) is 3.61. The zero-order valence-electron chi connectivity index (χ0n) is 14.1. The van der Waals surface area contributed by atoms with E-state index in [4.69, 9.17) is 9.47 Å². The average molecular weight is 342 g/mol. The Morgan fingerprint density at radius 2 is 2.08 bits per heavy atom. The van der Waals surface area contributed by atoms with Crippen LogP contribution in [0, 0.1) is 5.82 Å². The van der Waals surface area contributed by atoms with E-state index in [2.05, 4.69) is 5.32 Å². The van der Waals surface area contributed by atoms with Gasteiger partial charge in [0.25, 0.3) is 0 Å². The third kappa shape index (κ3) is 2.49.